The molecule has 0 spiro atoms. The lowest BCUT2D eigenvalue weighted by Gasteiger charge is -2.27. The van der Waals surface area contributed by atoms with Crippen LogP contribution in [-0.2, 0) is 0 Å². The Kier molecular flexibility index (Phi) is 6.49. The first-order chi connectivity index (χ1) is 10.7. The molecule has 5 heteroatoms. The molecule has 1 atom stereocenters. The molecule has 2 rings (SSSR count). The molecule has 1 aromatic carbocycles. The Morgan fingerprint density at radius 3 is 2.55 bits per heavy atom. The van der Waals surface area contributed by atoms with Gasteiger partial charge in [0, 0.05) is 19.1 Å². The minimum Gasteiger partial charge on any atom is -0.493 e. The highest BCUT2D eigenvalue weighted by Crippen LogP contribution is 2.33. The van der Waals surface area contributed by atoms with Crippen LogP contribution in [0.4, 0.5) is 0 Å². The second-order valence-corrected chi connectivity index (χ2v) is 6.06. The Labute approximate surface area is 134 Å². The molecule has 0 saturated carbocycles. The summed E-state index contributed by atoms with van der Waals surface area (Å²) in [5.41, 5.74) is 7.24. The zero-order chi connectivity index (χ0) is 15.9. The average molecular weight is 307 g/mol. The van der Waals surface area contributed by atoms with Gasteiger partial charge in [-0.15, -0.1) is 0 Å². The molecule has 1 aliphatic heterocycles. The number of nitrogens with zero attached hydrogens (tertiary/aromatic N) is 2. The summed E-state index contributed by atoms with van der Waals surface area (Å²) in [6.07, 6.45) is 2.53. The van der Waals surface area contributed by atoms with Crippen molar-refractivity contribution < 1.29 is 9.47 Å². The van der Waals surface area contributed by atoms with Crippen molar-refractivity contribution in [3.05, 3.63) is 23.8 Å². The highest BCUT2D eigenvalue weighted by molar-refractivity contribution is 5.44. The second-order valence-electron chi connectivity index (χ2n) is 6.06. The topological polar surface area (TPSA) is 51.0 Å². The van der Waals surface area contributed by atoms with Crippen molar-refractivity contribution in [2.45, 2.75) is 18.9 Å². The average Bonchev–Trinajstić information content (AvgIpc) is 3.02. The third-order valence-electron chi connectivity index (χ3n) is 4.17. The van der Waals surface area contributed by atoms with Crippen LogP contribution in [-0.4, -0.2) is 63.8 Å². The third kappa shape index (κ3) is 4.35. The van der Waals surface area contributed by atoms with Gasteiger partial charge in [-0.1, -0.05) is 6.07 Å². The fourth-order valence-corrected chi connectivity index (χ4v) is 2.90. The number of benzene rings is 1. The molecule has 0 radical (unpaired) electrons. The van der Waals surface area contributed by atoms with Gasteiger partial charge in [0.15, 0.2) is 11.5 Å². The maximum Gasteiger partial charge on any atom is 0.161 e. The zero-order valence-corrected chi connectivity index (χ0v) is 14.0. The van der Waals surface area contributed by atoms with E-state index in [1.165, 1.54) is 18.4 Å². The Morgan fingerprint density at radius 1 is 1.23 bits per heavy atom. The maximum atomic E-state index is 6.02. The van der Waals surface area contributed by atoms with Crippen LogP contribution in [0.5, 0.6) is 11.5 Å². The number of rotatable bonds is 8. The Morgan fingerprint density at radius 2 is 1.95 bits per heavy atom. The van der Waals surface area contributed by atoms with Gasteiger partial charge < -0.3 is 20.1 Å². The van der Waals surface area contributed by atoms with Gasteiger partial charge in [0.25, 0.3) is 0 Å². The van der Waals surface area contributed by atoms with Crippen LogP contribution >= 0.6 is 0 Å². The number of nitrogens with two attached hydrogens (primary N) is 1. The molecular weight excluding hydrogens is 278 g/mol. The van der Waals surface area contributed by atoms with Gasteiger partial charge in [0.1, 0.15) is 6.61 Å². The van der Waals surface area contributed by atoms with Crippen LogP contribution in [0.1, 0.15) is 24.4 Å². The smallest absolute Gasteiger partial charge is 0.161 e. The van der Waals surface area contributed by atoms with Gasteiger partial charge in [-0.25, -0.2) is 0 Å². The van der Waals surface area contributed by atoms with E-state index in [9.17, 15) is 0 Å². The molecule has 0 bridgehead atoms. The van der Waals surface area contributed by atoms with Crippen LogP contribution in [0.3, 0.4) is 0 Å². The molecule has 2 N–H and O–H groups in total. The summed E-state index contributed by atoms with van der Waals surface area (Å²) in [6, 6.07) is 6.45. The van der Waals surface area contributed by atoms with E-state index in [1.54, 1.807) is 7.11 Å². The van der Waals surface area contributed by atoms with Crippen molar-refractivity contribution in [3.63, 3.8) is 0 Å². The number of ether oxygens (including phenoxy) is 2. The van der Waals surface area contributed by atoms with Gasteiger partial charge in [0.2, 0.25) is 0 Å². The van der Waals surface area contributed by atoms with E-state index in [4.69, 9.17) is 15.2 Å². The molecule has 1 fully saturated rings. The predicted molar refractivity (Wildman–Crippen MR) is 89.6 cm³/mol. The molecule has 1 heterocycles. The second kappa shape index (κ2) is 8.36. The fraction of sp³-hybridized carbons (Fsp3) is 0.647. The van der Waals surface area contributed by atoms with Crippen LogP contribution in [0.2, 0.25) is 0 Å². The summed E-state index contributed by atoms with van der Waals surface area (Å²) >= 11 is 0. The Hall–Kier alpha value is -1.30. The summed E-state index contributed by atoms with van der Waals surface area (Å²) in [5, 5.41) is 0. The van der Waals surface area contributed by atoms with Crippen molar-refractivity contribution in [2.24, 2.45) is 5.73 Å². The fourth-order valence-electron chi connectivity index (χ4n) is 2.90. The number of hydrogen-bond donors (Lipinski definition) is 1. The van der Waals surface area contributed by atoms with E-state index in [0.29, 0.717) is 13.2 Å². The van der Waals surface area contributed by atoms with Gasteiger partial charge in [-0.2, -0.15) is 0 Å². The lowest BCUT2D eigenvalue weighted by Crippen LogP contribution is -2.31. The first-order valence-corrected chi connectivity index (χ1v) is 8.05. The zero-order valence-electron chi connectivity index (χ0n) is 14.0. The van der Waals surface area contributed by atoms with Gasteiger partial charge >= 0.3 is 0 Å². The molecule has 0 aromatic heterocycles. The molecule has 0 aliphatic carbocycles. The molecular formula is C17H29N3O2. The minimum atomic E-state index is 0.268. The molecule has 1 saturated heterocycles. The summed E-state index contributed by atoms with van der Waals surface area (Å²) in [5.74, 6) is 1.58. The third-order valence-corrected chi connectivity index (χ3v) is 4.17. The molecule has 5 nitrogen and oxygen atoms in total. The van der Waals surface area contributed by atoms with Crippen molar-refractivity contribution >= 4 is 0 Å². The SMILES string of the molecule is COc1ccc(C(CN)N2CCCC2)cc1OCCN(C)C. The molecule has 1 aromatic rings. The molecule has 124 valence electrons. The minimum absolute atomic E-state index is 0.268. The Balaban J connectivity index is 2.13. The first-order valence-electron chi connectivity index (χ1n) is 8.05. The van der Waals surface area contributed by atoms with Gasteiger partial charge in [-0.3, -0.25) is 4.90 Å². The van der Waals surface area contributed by atoms with E-state index in [0.717, 1.165) is 31.1 Å². The van der Waals surface area contributed by atoms with Gasteiger partial charge in [-0.05, 0) is 57.7 Å². The predicted octanol–water partition coefficient (Wildman–Crippen LogP) is 1.73. The maximum absolute atomic E-state index is 6.02. The van der Waals surface area contributed by atoms with E-state index < -0.39 is 0 Å². The van der Waals surface area contributed by atoms with Crippen LogP contribution in [0, 0.1) is 0 Å². The normalized spacial score (nSPS) is 17.0. The molecule has 0 amide bonds. The molecule has 1 unspecified atom stereocenters. The number of hydrogen-bond acceptors (Lipinski definition) is 5. The van der Waals surface area contributed by atoms with E-state index in [-0.39, 0.29) is 6.04 Å². The van der Waals surface area contributed by atoms with Crippen molar-refractivity contribution in [3.8, 4) is 11.5 Å². The molecule has 22 heavy (non-hydrogen) atoms. The number of likely N-dealkylation sites (tertiary alicyclic amines) is 1. The van der Waals surface area contributed by atoms with Crippen molar-refractivity contribution in [1.29, 1.82) is 0 Å². The highest BCUT2D eigenvalue weighted by Gasteiger charge is 2.23. The van der Waals surface area contributed by atoms with Crippen molar-refractivity contribution in [1.82, 2.24) is 9.80 Å². The standard InChI is InChI=1S/C17H29N3O2/c1-19(2)10-11-22-17-12-14(6-7-16(17)21-3)15(13-18)20-8-4-5-9-20/h6-7,12,15H,4-5,8-11,13,18H2,1-3H3. The monoisotopic (exact) mass is 307 g/mol. The number of likely N-dealkylation sites (N-methyl/N-ethyl adjacent to an activating group) is 1. The first kappa shape index (κ1) is 17.1. The van der Waals surface area contributed by atoms with E-state index >= 15 is 0 Å². The lowest BCUT2D eigenvalue weighted by atomic mass is 10.0. The van der Waals surface area contributed by atoms with E-state index in [1.807, 2.05) is 20.2 Å². The summed E-state index contributed by atoms with van der Waals surface area (Å²) in [7, 11) is 5.75. The lowest BCUT2D eigenvalue weighted by molar-refractivity contribution is 0.242. The van der Waals surface area contributed by atoms with Crippen LogP contribution in [0.25, 0.3) is 0 Å². The quantitative estimate of drug-likeness (QED) is 0.793. The molecule has 1 aliphatic rings. The van der Waals surface area contributed by atoms with Crippen molar-refractivity contribution in [2.75, 3.05) is 54.0 Å². The summed E-state index contributed by atoms with van der Waals surface area (Å²) in [4.78, 5) is 4.56. The summed E-state index contributed by atoms with van der Waals surface area (Å²) < 4.78 is 11.3. The Bertz CT molecular complexity index is 459. The van der Waals surface area contributed by atoms with E-state index in [2.05, 4.69) is 21.9 Å². The summed E-state index contributed by atoms with van der Waals surface area (Å²) in [6.45, 7) is 4.41. The van der Waals surface area contributed by atoms with Crippen LogP contribution in [0.15, 0.2) is 18.2 Å². The number of methoxy groups -OCH3 is 1. The highest BCUT2D eigenvalue weighted by atomic mass is 16.5. The van der Waals surface area contributed by atoms with Gasteiger partial charge in [0.05, 0.1) is 7.11 Å². The largest absolute Gasteiger partial charge is 0.493 e. The van der Waals surface area contributed by atoms with Crippen LogP contribution < -0.4 is 15.2 Å².